The number of carbonyl (C=O) groups is 2. The maximum absolute atomic E-state index is 14.9. The van der Waals surface area contributed by atoms with Crippen molar-refractivity contribution < 1.29 is 23.8 Å². The minimum atomic E-state index is -0.583. The first kappa shape index (κ1) is 21.4. The Morgan fingerprint density at radius 3 is 2.72 bits per heavy atom. The van der Waals surface area contributed by atoms with Crippen LogP contribution in [0.3, 0.4) is 0 Å². The Hall–Kier alpha value is -3.79. The molecule has 1 saturated heterocycles. The summed E-state index contributed by atoms with van der Waals surface area (Å²) in [5.74, 6) is -0.698. The standard InChI is InChI=1S/C22H22FN5O4/c1-14(30)24-11-18-12-27(22(31)32-18)17-6-7-19(20(23)10-17)15-2-4-16(5-3-15)21(13-29)28-9-8-25-26-28/h2-10,18,21,29H,11-13H2,1H3,(H,24,30)/t18-,21-/m0/s1. The van der Waals surface area contributed by atoms with Gasteiger partial charge in [-0.05, 0) is 29.3 Å². The highest BCUT2D eigenvalue weighted by molar-refractivity contribution is 5.90. The van der Waals surface area contributed by atoms with E-state index in [2.05, 4.69) is 15.6 Å². The number of aromatic nitrogens is 3. The van der Waals surface area contributed by atoms with Crippen molar-refractivity contribution in [3.05, 3.63) is 66.2 Å². The van der Waals surface area contributed by atoms with Crippen LogP contribution in [0.2, 0.25) is 0 Å². The number of hydrogen-bond acceptors (Lipinski definition) is 6. The maximum atomic E-state index is 14.9. The summed E-state index contributed by atoms with van der Waals surface area (Å²) in [5.41, 5.74) is 2.22. The van der Waals surface area contributed by atoms with E-state index in [4.69, 9.17) is 4.74 Å². The first-order valence-electron chi connectivity index (χ1n) is 10.1. The van der Waals surface area contributed by atoms with Crippen LogP contribution in [0.4, 0.5) is 14.9 Å². The van der Waals surface area contributed by atoms with Gasteiger partial charge in [-0.3, -0.25) is 9.69 Å². The molecule has 2 heterocycles. The van der Waals surface area contributed by atoms with E-state index in [1.54, 1.807) is 47.3 Å². The third kappa shape index (κ3) is 4.45. The Morgan fingerprint density at radius 2 is 2.09 bits per heavy atom. The first-order valence-corrected chi connectivity index (χ1v) is 10.1. The van der Waals surface area contributed by atoms with Gasteiger partial charge in [0, 0.05) is 18.7 Å². The highest BCUT2D eigenvalue weighted by Crippen LogP contribution is 2.30. The van der Waals surface area contributed by atoms with E-state index in [9.17, 15) is 19.1 Å². The topological polar surface area (TPSA) is 110 Å². The quantitative estimate of drug-likeness (QED) is 0.584. The lowest BCUT2D eigenvalue weighted by atomic mass is 10.00. The molecule has 1 aliphatic heterocycles. The highest BCUT2D eigenvalue weighted by atomic mass is 19.1. The number of hydrogen-bond donors (Lipinski definition) is 2. The number of halogens is 1. The Kier molecular flexibility index (Phi) is 6.13. The molecule has 166 valence electrons. The highest BCUT2D eigenvalue weighted by Gasteiger charge is 2.32. The normalized spacial score (nSPS) is 16.7. The number of aliphatic hydroxyl groups excluding tert-OH is 1. The number of benzene rings is 2. The van der Waals surface area contributed by atoms with Crippen LogP contribution >= 0.6 is 0 Å². The predicted molar refractivity (Wildman–Crippen MR) is 113 cm³/mol. The average molecular weight is 439 g/mol. The van der Waals surface area contributed by atoms with Gasteiger partial charge in [0.2, 0.25) is 5.91 Å². The van der Waals surface area contributed by atoms with Crippen molar-refractivity contribution in [1.82, 2.24) is 20.3 Å². The monoisotopic (exact) mass is 439 g/mol. The number of aliphatic hydroxyl groups is 1. The molecule has 2 atom stereocenters. The Morgan fingerprint density at radius 1 is 1.31 bits per heavy atom. The molecule has 0 aliphatic carbocycles. The minimum Gasteiger partial charge on any atom is -0.442 e. The van der Waals surface area contributed by atoms with Crippen molar-refractivity contribution in [3.8, 4) is 11.1 Å². The second kappa shape index (κ2) is 9.15. The molecule has 0 bridgehead atoms. The molecule has 2 N–H and O–H groups in total. The molecule has 1 aromatic heterocycles. The van der Waals surface area contributed by atoms with E-state index in [-0.39, 0.29) is 31.6 Å². The fourth-order valence-electron chi connectivity index (χ4n) is 3.61. The van der Waals surface area contributed by atoms with Crippen LogP contribution < -0.4 is 10.2 Å². The summed E-state index contributed by atoms with van der Waals surface area (Å²) in [7, 11) is 0. The van der Waals surface area contributed by atoms with E-state index in [1.807, 2.05) is 0 Å². The zero-order chi connectivity index (χ0) is 22.7. The lowest BCUT2D eigenvalue weighted by Crippen LogP contribution is -2.33. The van der Waals surface area contributed by atoms with Gasteiger partial charge in [0.1, 0.15) is 18.0 Å². The molecule has 0 saturated carbocycles. The molecule has 0 unspecified atom stereocenters. The minimum absolute atomic E-state index is 0.152. The van der Waals surface area contributed by atoms with Crippen LogP contribution in [0.15, 0.2) is 54.9 Å². The van der Waals surface area contributed by atoms with Crippen LogP contribution in [0.5, 0.6) is 0 Å². The van der Waals surface area contributed by atoms with Crippen LogP contribution in [-0.2, 0) is 9.53 Å². The van der Waals surface area contributed by atoms with Crippen molar-refractivity contribution in [1.29, 1.82) is 0 Å². The fourth-order valence-corrected chi connectivity index (χ4v) is 3.61. The molecule has 2 aromatic carbocycles. The molecule has 0 radical (unpaired) electrons. The number of nitrogens with one attached hydrogen (secondary N) is 1. The summed E-state index contributed by atoms with van der Waals surface area (Å²) in [4.78, 5) is 24.6. The summed E-state index contributed by atoms with van der Waals surface area (Å²) in [6.45, 7) is 1.65. The van der Waals surface area contributed by atoms with Gasteiger partial charge < -0.3 is 15.2 Å². The molecular formula is C22H22FN5O4. The lowest BCUT2D eigenvalue weighted by Gasteiger charge is -2.16. The average Bonchev–Trinajstić information content (AvgIpc) is 3.43. The maximum Gasteiger partial charge on any atom is 0.414 e. The van der Waals surface area contributed by atoms with Crippen LogP contribution in [-0.4, -0.2) is 57.9 Å². The summed E-state index contributed by atoms with van der Waals surface area (Å²) in [6.07, 6.45) is 2.12. The zero-order valence-corrected chi connectivity index (χ0v) is 17.3. The molecule has 32 heavy (non-hydrogen) atoms. The summed E-state index contributed by atoms with van der Waals surface area (Å²) < 4.78 is 21.7. The van der Waals surface area contributed by atoms with Crippen LogP contribution in [0, 0.1) is 5.82 Å². The molecule has 1 aliphatic rings. The third-order valence-electron chi connectivity index (χ3n) is 5.26. The number of rotatable bonds is 7. The van der Waals surface area contributed by atoms with Crippen molar-refractivity contribution >= 4 is 17.7 Å². The molecule has 9 nitrogen and oxygen atoms in total. The van der Waals surface area contributed by atoms with E-state index in [0.717, 1.165) is 5.56 Å². The predicted octanol–water partition coefficient (Wildman–Crippen LogP) is 2.13. The van der Waals surface area contributed by atoms with E-state index in [1.165, 1.54) is 24.1 Å². The van der Waals surface area contributed by atoms with Gasteiger partial charge in [0.25, 0.3) is 0 Å². The molecule has 1 fully saturated rings. The van der Waals surface area contributed by atoms with E-state index < -0.39 is 18.0 Å². The van der Waals surface area contributed by atoms with E-state index in [0.29, 0.717) is 16.8 Å². The van der Waals surface area contributed by atoms with E-state index >= 15 is 0 Å². The number of amides is 2. The smallest absolute Gasteiger partial charge is 0.414 e. The zero-order valence-electron chi connectivity index (χ0n) is 17.3. The number of ether oxygens (including phenoxy) is 1. The summed E-state index contributed by atoms with van der Waals surface area (Å²) in [6, 6.07) is 11.3. The lowest BCUT2D eigenvalue weighted by molar-refractivity contribution is -0.119. The van der Waals surface area contributed by atoms with Crippen molar-refractivity contribution in [2.75, 3.05) is 24.6 Å². The number of anilines is 1. The molecule has 10 heteroatoms. The number of carbonyl (C=O) groups excluding carboxylic acids is 2. The van der Waals surface area contributed by atoms with Crippen molar-refractivity contribution in [2.24, 2.45) is 0 Å². The van der Waals surface area contributed by atoms with Gasteiger partial charge in [-0.2, -0.15) is 0 Å². The van der Waals surface area contributed by atoms with Crippen LogP contribution in [0.1, 0.15) is 18.5 Å². The Balaban J connectivity index is 1.50. The van der Waals surface area contributed by atoms with Gasteiger partial charge in [0.15, 0.2) is 0 Å². The van der Waals surface area contributed by atoms with Crippen molar-refractivity contribution in [3.63, 3.8) is 0 Å². The summed E-state index contributed by atoms with van der Waals surface area (Å²) >= 11 is 0. The van der Waals surface area contributed by atoms with Gasteiger partial charge in [0.05, 0.1) is 31.6 Å². The summed E-state index contributed by atoms with van der Waals surface area (Å²) in [5, 5.41) is 20.0. The third-order valence-corrected chi connectivity index (χ3v) is 5.26. The largest absolute Gasteiger partial charge is 0.442 e. The second-order valence-corrected chi connectivity index (χ2v) is 7.42. The number of cyclic esters (lactones) is 1. The fraction of sp³-hybridized carbons (Fsp3) is 0.273. The Bertz CT molecular complexity index is 1100. The number of nitrogens with zero attached hydrogens (tertiary/aromatic N) is 4. The molecule has 2 amide bonds. The van der Waals surface area contributed by atoms with Gasteiger partial charge in [-0.15, -0.1) is 5.10 Å². The molecule has 4 rings (SSSR count). The second-order valence-electron chi connectivity index (χ2n) is 7.42. The van der Waals surface area contributed by atoms with Gasteiger partial charge in [-0.1, -0.05) is 29.5 Å². The van der Waals surface area contributed by atoms with Crippen molar-refractivity contribution in [2.45, 2.75) is 19.1 Å². The molecular weight excluding hydrogens is 417 g/mol. The van der Waals surface area contributed by atoms with Gasteiger partial charge in [-0.25, -0.2) is 13.9 Å². The molecule has 0 spiro atoms. The molecule has 3 aromatic rings. The van der Waals surface area contributed by atoms with Gasteiger partial charge >= 0.3 is 6.09 Å². The van der Waals surface area contributed by atoms with Crippen LogP contribution in [0.25, 0.3) is 11.1 Å². The SMILES string of the molecule is CC(=O)NC[C@H]1CN(c2ccc(-c3ccc([C@H](CO)n4ccnn4)cc3)c(F)c2)C(=O)O1. The first-order chi connectivity index (χ1) is 15.5. The Labute approximate surface area is 183 Å².